The van der Waals surface area contributed by atoms with E-state index in [0.717, 1.165) is 64.2 Å². The van der Waals surface area contributed by atoms with E-state index in [4.69, 9.17) is 9.47 Å². The summed E-state index contributed by atoms with van der Waals surface area (Å²) in [5, 5.41) is 54.5. The van der Waals surface area contributed by atoms with E-state index < -0.39 is 49.5 Å². The van der Waals surface area contributed by atoms with Gasteiger partial charge in [0.05, 0.1) is 25.4 Å². The van der Waals surface area contributed by atoms with Gasteiger partial charge in [-0.3, -0.25) is 4.79 Å². The Labute approximate surface area is 386 Å². The summed E-state index contributed by atoms with van der Waals surface area (Å²) in [6.45, 7) is 3.73. The fourth-order valence-corrected chi connectivity index (χ4v) is 8.27. The molecule has 1 aliphatic rings. The van der Waals surface area contributed by atoms with Crippen molar-refractivity contribution in [3.63, 3.8) is 0 Å². The SMILES string of the molecule is CC/C=C\C/C=C\C/C=C\C/C=C\CCCCCCCCCCCCCCC(=O)NC(COC1OC(CO)C(O)C(O)C1O)C(O)CCCCCCCCCCCCCCCCC. The van der Waals surface area contributed by atoms with Gasteiger partial charge >= 0.3 is 0 Å². The topological polar surface area (TPSA) is 149 Å². The van der Waals surface area contributed by atoms with Crippen LogP contribution in [0.1, 0.15) is 232 Å². The van der Waals surface area contributed by atoms with Gasteiger partial charge in [-0.15, -0.1) is 0 Å². The van der Waals surface area contributed by atoms with Crippen LogP contribution in [-0.4, -0.2) is 87.5 Å². The largest absolute Gasteiger partial charge is 0.394 e. The van der Waals surface area contributed by atoms with Gasteiger partial charge < -0.3 is 40.3 Å². The number of carbonyl (C=O) groups is 1. The van der Waals surface area contributed by atoms with Crippen LogP contribution in [0.3, 0.4) is 0 Å². The van der Waals surface area contributed by atoms with Gasteiger partial charge in [-0.2, -0.15) is 0 Å². The first kappa shape index (κ1) is 59.2. The van der Waals surface area contributed by atoms with Gasteiger partial charge in [0.2, 0.25) is 5.91 Å². The molecule has 0 radical (unpaired) electrons. The van der Waals surface area contributed by atoms with Crippen LogP contribution in [0.4, 0.5) is 0 Å². The summed E-state index contributed by atoms with van der Waals surface area (Å²) in [6, 6.07) is -0.720. The molecule has 0 aromatic carbocycles. The van der Waals surface area contributed by atoms with Crippen LogP contribution in [0.2, 0.25) is 0 Å². The van der Waals surface area contributed by atoms with Crippen molar-refractivity contribution >= 4 is 5.91 Å². The minimum atomic E-state index is -1.55. The van der Waals surface area contributed by atoms with E-state index in [1.54, 1.807) is 0 Å². The van der Waals surface area contributed by atoms with Crippen LogP contribution in [0.15, 0.2) is 48.6 Å². The standard InChI is InChI=1S/C54H99NO8/c1-3-5-7-9-11-13-15-17-19-20-21-22-23-24-25-26-27-28-30-32-34-36-38-40-42-44-50(58)55-47(46-62-54-53(61)52(60)51(59)49(45-56)63-54)48(57)43-41-39-37-35-33-31-29-18-16-14-12-10-8-6-4-2/h5,7,11,13,17,19,21-22,47-49,51-54,56-57,59-61H,3-4,6,8-10,12,14-16,18,20,23-46H2,1-2H3,(H,55,58)/b7-5-,13-11-,19-17-,22-21-. The number of hydrogen-bond acceptors (Lipinski definition) is 8. The van der Waals surface area contributed by atoms with E-state index in [2.05, 4.69) is 67.8 Å². The number of unbranched alkanes of at least 4 members (excludes halogenated alkanes) is 26. The highest BCUT2D eigenvalue weighted by Gasteiger charge is 2.44. The molecule has 63 heavy (non-hydrogen) atoms. The average molecular weight is 890 g/mol. The van der Waals surface area contributed by atoms with Crippen molar-refractivity contribution < 1.29 is 39.8 Å². The number of allylic oxidation sites excluding steroid dienone is 8. The molecule has 368 valence electrons. The molecule has 6 N–H and O–H groups in total. The molecule has 9 heteroatoms. The van der Waals surface area contributed by atoms with Gasteiger partial charge in [0.1, 0.15) is 24.4 Å². The summed E-state index contributed by atoms with van der Waals surface area (Å²) >= 11 is 0. The van der Waals surface area contributed by atoms with Gasteiger partial charge in [0.25, 0.3) is 0 Å². The van der Waals surface area contributed by atoms with Gasteiger partial charge in [-0.25, -0.2) is 0 Å². The summed E-state index contributed by atoms with van der Waals surface area (Å²) in [4.78, 5) is 13.0. The van der Waals surface area contributed by atoms with Crippen LogP contribution < -0.4 is 5.32 Å². The Morgan fingerprint density at radius 1 is 0.556 bits per heavy atom. The fourth-order valence-electron chi connectivity index (χ4n) is 8.27. The van der Waals surface area contributed by atoms with Gasteiger partial charge in [-0.1, -0.05) is 223 Å². The Kier molecular flexibility index (Phi) is 41.3. The van der Waals surface area contributed by atoms with E-state index in [9.17, 15) is 30.3 Å². The first-order valence-electron chi connectivity index (χ1n) is 26.3. The summed E-state index contributed by atoms with van der Waals surface area (Å²) in [5.41, 5.74) is 0. The number of aliphatic hydroxyl groups is 5. The second-order valence-corrected chi connectivity index (χ2v) is 18.3. The molecule has 1 heterocycles. The van der Waals surface area contributed by atoms with Crippen molar-refractivity contribution in [2.24, 2.45) is 0 Å². The lowest BCUT2D eigenvalue weighted by molar-refractivity contribution is -0.302. The highest BCUT2D eigenvalue weighted by Crippen LogP contribution is 2.23. The molecule has 1 saturated heterocycles. The first-order chi connectivity index (χ1) is 30.8. The third-order valence-electron chi connectivity index (χ3n) is 12.4. The van der Waals surface area contributed by atoms with Crippen LogP contribution in [0.5, 0.6) is 0 Å². The van der Waals surface area contributed by atoms with E-state index in [1.165, 1.54) is 141 Å². The molecule has 1 rings (SSSR count). The van der Waals surface area contributed by atoms with E-state index >= 15 is 0 Å². The van der Waals surface area contributed by atoms with Crippen LogP contribution in [0.25, 0.3) is 0 Å². The number of nitrogens with one attached hydrogen (secondary N) is 1. The molecule has 0 saturated carbocycles. The number of ether oxygens (including phenoxy) is 2. The van der Waals surface area contributed by atoms with Crippen molar-refractivity contribution in [3.05, 3.63) is 48.6 Å². The lowest BCUT2D eigenvalue weighted by atomic mass is 9.99. The zero-order valence-corrected chi connectivity index (χ0v) is 40.6. The molecule has 1 fully saturated rings. The Bertz CT molecular complexity index is 1130. The number of carbonyl (C=O) groups excluding carboxylic acids is 1. The molecular formula is C54H99NO8. The molecular weight excluding hydrogens is 791 g/mol. The number of rotatable bonds is 44. The zero-order chi connectivity index (χ0) is 45.9. The predicted octanol–water partition coefficient (Wildman–Crippen LogP) is 12.2. The van der Waals surface area contributed by atoms with Crippen LogP contribution in [-0.2, 0) is 14.3 Å². The van der Waals surface area contributed by atoms with Crippen LogP contribution in [0, 0.1) is 0 Å². The smallest absolute Gasteiger partial charge is 0.220 e. The summed E-state index contributed by atoms with van der Waals surface area (Å²) in [7, 11) is 0. The number of amides is 1. The monoisotopic (exact) mass is 890 g/mol. The maximum Gasteiger partial charge on any atom is 0.220 e. The zero-order valence-electron chi connectivity index (χ0n) is 40.6. The normalized spacial score (nSPS) is 20.5. The second kappa shape index (κ2) is 44.0. The Balaban J connectivity index is 2.23. The lowest BCUT2D eigenvalue weighted by Gasteiger charge is -2.40. The molecule has 0 aromatic heterocycles. The summed E-state index contributed by atoms with van der Waals surface area (Å²) in [6.07, 6.45) is 49.8. The minimum Gasteiger partial charge on any atom is -0.394 e. The average Bonchev–Trinajstić information content (AvgIpc) is 3.28. The quantitative estimate of drug-likeness (QED) is 0.0262. The van der Waals surface area contributed by atoms with E-state index in [1.807, 2.05) is 0 Å². The molecule has 1 amide bonds. The Hall–Kier alpha value is -1.85. The fraction of sp³-hybridized carbons (Fsp3) is 0.833. The van der Waals surface area contributed by atoms with Crippen molar-refractivity contribution in [1.29, 1.82) is 0 Å². The van der Waals surface area contributed by atoms with Crippen LogP contribution >= 0.6 is 0 Å². The van der Waals surface area contributed by atoms with Crippen molar-refractivity contribution in [2.75, 3.05) is 13.2 Å². The molecule has 0 spiro atoms. The minimum absolute atomic E-state index is 0.139. The Morgan fingerprint density at radius 3 is 1.46 bits per heavy atom. The third kappa shape index (κ3) is 34.2. The highest BCUT2D eigenvalue weighted by molar-refractivity contribution is 5.76. The first-order valence-corrected chi connectivity index (χ1v) is 26.3. The molecule has 1 aliphatic heterocycles. The number of hydrogen-bond donors (Lipinski definition) is 6. The summed E-state index contributed by atoms with van der Waals surface area (Å²) < 4.78 is 11.3. The van der Waals surface area contributed by atoms with E-state index in [-0.39, 0.29) is 12.5 Å². The molecule has 0 bridgehead atoms. The summed E-state index contributed by atoms with van der Waals surface area (Å²) in [5.74, 6) is -0.147. The maximum atomic E-state index is 13.0. The van der Waals surface area contributed by atoms with Gasteiger partial charge in [0.15, 0.2) is 6.29 Å². The van der Waals surface area contributed by atoms with E-state index in [0.29, 0.717) is 12.8 Å². The van der Waals surface area contributed by atoms with Gasteiger partial charge in [-0.05, 0) is 51.4 Å². The maximum absolute atomic E-state index is 13.0. The Morgan fingerprint density at radius 2 is 0.984 bits per heavy atom. The predicted molar refractivity (Wildman–Crippen MR) is 263 cm³/mol. The third-order valence-corrected chi connectivity index (χ3v) is 12.4. The molecule has 7 atom stereocenters. The molecule has 7 unspecified atom stereocenters. The molecule has 0 aromatic rings. The molecule has 9 nitrogen and oxygen atoms in total. The van der Waals surface area contributed by atoms with Crippen molar-refractivity contribution in [2.45, 2.75) is 275 Å². The highest BCUT2D eigenvalue weighted by atomic mass is 16.7. The van der Waals surface area contributed by atoms with Gasteiger partial charge in [0, 0.05) is 6.42 Å². The van der Waals surface area contributed by atoms with Crippen molar-refractivity contribution in [3.8, 4) is 0 Å². The second-order valence-electron chi connectivity index (χ2n) is 18.3. The number of aliphatic hydroxyl groups excluding tert-OH is 5. The molecule has 0 aliphatic carbocycles. The lowest BCUT2D eigenvalue weighted by Crippen LogP contribution is -2.60. The van der Waals surface area contributed by atoms with Crippen molar-refractivity contribution in [1.82, 2.24) is 5.32 Å².